The third-order valence-corrected chi connectivity index (χ3v) is 8.76. The molecular weight excluding hydrogens is 462 g/mol. The molecule has 0 amide bonds. The molecule has 0 spiro atoms. The zero-order valence-corrected chi connectivity index (χ0v) is 19.4. The fourth-order valence-electron chi connectivity index (χ4n) is 4.06. The first-order valence-electron chi connectivity index (χ1n) is 10.6. The number of carbonyl (C=O) groups is 1. The number of rotatable bonds is 7. The highest BCUT2D eigenvalue weighted by Crippen LogP contribution is 2.37. The fraction of sp³-hybridized carbons (Fsp3) is 0.240. The second-order valence-electron chi connectivity index (χ2n) is 8.09. The molecule has 1 saturated heterocycles. The van der Waals surface area contributed by atoms with Gasteiger partial charge in [-0.1, -0.05) is 41.9 Å². The molecule has 0 bridgehead atoms. The number of aliphatic carboxylic acids is 1. The van der Waals surface area contributed by atoms with Gasteiger partial charge in [-0.25, -0.2) is 8.42 Å². The lowest BCUT2D eigenvalue weighted by Gasteiger charge is -2.38. The summed E-state index contributed by atoms with van der Waals surface area (Å²) in [5.41, 5.74) is 1.11. The number of ether oxygens (including phenoxy) is 1. The monoisotopic (exact) mass is 485 g/mol. The fourth-order valence-corrected chi connectivity index (χ4v) is 6.08. The second-order valence-corrected chi connectivity index (χ2v) is 10.8. The summed E-state index contributed by atoms with van der Waals surface area (Å²) in [5, 5.41) is 10.6. The van der Waals surface area contributed by atoms with Crippen molar-refractivity contribution in [3.8, 4) is 11.5 Å². The number of carboxylic acid groups (broad SMARTS) is 1. The molecule has 0 aliphatic carbocycles. The highest BCUT2D eigenvalue weighted by molar-refractivity contribution is 7.93. The predicted octanol–water partition coefficient (Wildman–Crippen LogP) is 5.03. The standard InChI is InChI=1S/C25H24ClNO5S/c26-20-6-8-21(9-7-20)32-22-10-12-23(13-11-22)33(30,31)25(24(28)29)14-16-27(17-15-25)18-19-4-2-1-3-5-19/h1-13H,14-18H2,(H,28,29). The molecule has 0 atom stereocenters. The molecule has 3 aromatic rings. The van der Waals surface area contributed by atoms with Crippen LogP contribution < -0.4 is 4.74 Å². The van der Waals surface area contributed by atoms with Crippen LogP contribution in [-0.2, 0) is 21.2 Å². The summed E-state index contributed by atoms with van der Waals surface area (Å²) in [5.74, 6) is -0.301. The average Bonchev–Trinajstić information content (AvgIpc) is 2.82. The van der Waals surface area contributed by atoms with Gasteiger partial charge in [-0.05, 0) is 66.9 Å². The van der Waals surface area contributed by atoms with E-state index in [0.29, 0.717) is 36.2 Å². The van der Waals surface area contributed by atoms with Crippen molar-refractivity contribution in [2.24, 2.45) is 0 Å². The van der Waals surface area contributed by atoms with E-state index in [0.717, 1.165) is 5.56 Å². The second kappa shape index (κ2) is 9.55. The van der Waals surface area contributed by atoms with Gasteiger partial charge in [0.25, 0.3) is 0 Å². The molecule has 0 saturated carbocycles. The molecule has 0 unspecified atom stereocenters. The maximum Gasteiger partial charge on any atom is 0.325 e. The van der Waals surface area contributed by atoms with E-state index < -0.39 is 20.6 Å². The number of piperidine rings is 1. The molecule has 1 heterocycles. The maximum atomic E-state index is 13.5. The van der Waals surface area contributed by atoms with Crippen LogP contribution in [0.4, 0.5) is 0 Å². The van der Waals surface area contributed by atoms with Crippen molar-refractivity contribution in [3.63, 3.8) is 0 Å². The summed E-state index contributed by atoms with van der Waals surface area (Å²) in [6.07, 6.45) is 0.0566. The Morgan fingerprint density at radius 3 is 2.00 bits per heavy atom. The van der Waals surface area contributed by atoms with Gasteiger partial charge >= 0.3 is 5.97 Å². The topological polar surface area (TPSA) is 83.9 Å². The van der Waals surface area contributed by atoms with Crippen LogP contribution in [0.5, 0.6) is 11.5 Å². The number of nitrogens with zero attached hydrogens (tertiary/aromatic N) is 1. The third kappa shape index (κ3) is 4.90. The summed E-state index contributed by atoms with van der Waals surface area (Å²) in [6, 6.07) is 22.5. The molecular formula is C25H24ClNO5S. The average molecular weight is 486 g/mol. The normalized spacial score (nSPS) is 16.3. The minimum absolute atomic E-state index is 0.0233. The Labute approximate surface area is 198 Å². The molecule has 0 aromatic heterocycles. The van der Waals surface area contributed by atoms with Crippen molar-refractivity contribution in [1.29, 1.82) is 0 Å². The molecule has 6 nitrogen and oxygen atoms in total. The maximum absolute atomic E-state index is 13.5. The van der Waals surface area contributed by atoms with Gasteiger partial charge < -0.3 is 9.84 Å². The first-order chi connectivity index (χ1) is 15.8. The Kier molecular flexibility index (Phi) is 6.74. The van der Waals surface area contributed by atoms with Crippen molar-refractivity contribution < 1.29 is 23.1 Å². The largest absolute Gasteiger partial charge is 0.480 e. The minimum Gasteiger partial charge on any atom is -0.480 e. The molecule has 33 heavy (non-hydrogen) atoms. The van der Waals surface area contributed by atoms with Gasteiger partial charge in [-0.2, -0.15) is 0 Å². The Balaban J connectivity index is 1.50. The SMILES string of the molecule is O=C(O)C1(S(=O)(=O)c2ccc(Oc3ccc(Cl)cc3)cc2)CCN(Cc2ccccc2)CC1. The lowest BCUT2D eigenvalue weighted by atomic mass is 9.95. The van der Waals surface area contributed by atoms with Crippen LogP contribution in [0.15, 0.2) is 83.8 Å². The molecule has 172 valence electrons. The molecule has 3 aromatic carbocycles. The number of benzene rings is 3. The number of sulfone groups is 1. The van der Waals surface area contributed by atoms with Crippen LogP contribution in [-0.4, -0.2) is 42.2 Å². The quantitative estimate of drug-likeness (QED) is 0.505. The highest BCUT2D eigenvalue weighted by Gasteiger charge is 2.53. The smallest absolute Gasteiger partial charge is 0.325 e. The summed E-state index contributed by atoms with van der Waals surface area (Å²) >= 11 is 5.87. The van der Waals surface area contributed by atoms with Crippen molar-refractivity contribution in [2.75, 3.05) is 13.1 Å². The van der Waals surface area contributed by atoms with Gasteiger partial charge in [-0.15, -0.1) is 0 Å². The number of hydrogen-bond donors (Lipinski definition) is 1. The van der Waals surface area contributed by atoms with Crippen LogP contribution >= 0.6 is 11.6 Å². The minimum atomic E-state index is -4.11. The van der Waals surface area contributed by atoms with Crippen LogP contribution in [0.25, 0.3) is 0 Å². The summed E-state index contributed by atoms with van der Waals surface area (Å²) in [6.45, 7) is 1.43. The van der Waals surface area contributed by atoms with Crippen molar-refractivity contribution >= 4 is 27.4 Å². The lowest BCUT2D eigenvalue weighted by molar-refractivity contribution is -0.141. The molecule has 0 radical (unpaired) electrons. The van der Waals surface area contributed by atoms with E-state index in [1.165, 1.54) is 24.3 Å². The number of hydrogen-bond acceptors (Lipinski definition) is 5. The zero-order chi connectivity index (χ0) is 23.5. The lowest BCUT2D eigenvalue weighted by Crippen LogP contribution is -2.54. The van der Waals surface area contributed by atoms with E-state index in [2.05, 4.69) is 4.90 Å². The summed E-state index contributed by atoms with van der Waals surface area (Å²) in [7, 11) is -4.11. The van der Waals surface area contributed by atoms with Crippen LogP contribution in [0.3, 0.4) is 0 Å². The molecule has 4 rings (SSSR count). The molecule has 1 fully saturated rings. The van der Waals surface area contributed by atoms with Gasteiger partial charge in [-0.3, -0.25) is 9.69 Å². The van der Waals surface area contributed by atoms with E-state index in [1.807, 2.05) is 30.3 Å². The number of carboxylic acids is 1. The van der Waals surface area contributed by atoms with E-state index in [4.69, 9.17) is 16.3 Å². The van der Waals surface area contributed by atoms with Crippen molar-refractivity contribution in [1.82, 2.24) is 4.90 Å². The Morgan fingerprint density at radius 1 is 0.909 bits per heavy atom. The summed E-state index contributed by atoms with van der Waals surface area (Å²) < 4.78 is 30.8. The Bertz CT molecular complexity index is 1200. The van der Waals surface area contributed by atoms with Gasteiger partial charge in [0, 0.05) is 24.7 Å². The Hall–Kier alpha value is -2.87. The Morgan fingerprint density at radius 2 is 1.45 bits per heavy atom. The van der Waals surface area contributed by atoms with Crippen LogP contribution in [0.2, 0.25) is 5.02 Å². The van der Waals surface area contributed by atoms with Crippen molar-refractivity contribution in [2.45, 2.75) is 29.0 Å². The van der Waals surface area contributed by atoms with E-state index in [9.17, 15) is 18.3 Å². The van der Waals surface area contributed by atoms with Gasteiger partial charge in [0.2, 0.25) is 0 Å². The molecule has 8 heteroatoms. The van der Waals surface area contributed by atoms with E-state index >= 15 is 0 Å². The first kappa shape index (κ1) is 23.3. The highest BCUT2D eigenvalue weighted by atomic mass is 35.5. The molecule has 1 aliphatic heterocycles. The van der Waals surface area contributed by atoms with Crippen LogP contribution in [0.1, 0.15) is 18.4 Å². The predicted molar refractivity (Wildman–Crippen MR) is 126 cm³/mol. The summed E-state index contributed by atoms with van der Waals surface area (Å²) in [4.78, 5) is 14.3. The molecule has 1 aliphatic rings. The first-order valence-corrected chi connectivity index (χ1v) is 12.4. The number of halogens is 1. The zero-order valence-electron chi connectivity index (χ0n) is 17.9. The van der Waals surface area contributed by atoms with Gasteiger partial charge in [0.05, 0.1) is 4.90 Å². The van der Waals surface area contributed by atoms with E-state index in [1.54, 1.807) is 24.3 Å². The van der Waals surface area contributed by atoms with Gasteiger partial charge in [0.15, 0.2) is 14.6 Å². The number of likely N-dealkylation sites (tertiary alicyclic amines) is 1. The third-order valence-electron chi connectivity index (χ3n) is 6.00. The molecule has 1 N–H and O–H groups in total. The van der Waals surface area contributed by atoms with Gasteiger partial charge in [0.1, 0.15) is 11.5 Å². The van der Waals surface area contributed by atoms with Crippen LogP contribution in [0, 0.1) is 0 Å². The van der Waals surface area contributed by atoms with Crippen molar-refractivity contribution in [3.05, 3.63) is 89.4 Å². The van der Waals surface area contributed by atoms with E-state index in [-0.39, 0.29) is 17.7 Å².